The molecule has 2 rings (SSSR count). The van der Waals surface area contributed by atoms with Gasteiger partial charge in [-0.15, -0.1) is 24.0 Å². The van der Waals surface area contributed by atoms with Crippen LogP contribution in [0.5, 0.6) is 0 Å². The highest BCUT2D eigenvalue weighted by Crippen LogP contribution is 2.31. The molecule has 0 radical (unpaired) electrons. The number of rotatable bonds is 6. The van der Waals surface area contributed by atoms with Crippen molar-refractivity contribution < 1.29 is 13.2 Å². The van der Waals surface area contributed by atoms with Crippen LogP contribution >= 0.6 is 24.0 Å². The van der Waals surface area contributed by atoms with Crippen LogP contribution < -0.4 is 10.6 Å². The van der Waals surface area contributed by atoms with Crippen LogP contribution in [0.1, 0.15) is 45.4 Å². The second kappa shape index (κ2) is 11.6. The lowest BCUT2D eigenvalue weighted by atomic mass is 9.84. The van der Waals surface area contributed by atoms with Crippen LogP contribution in [-0.2, 0) is 0 Å². The molecule has 2 N–H and O–H groups in total. The quantitative estimate of drug-likeness (QED) is 0.331. The van der Waals surface area contributed by atoms with Gasteiger partial charge in [-0.1, -0.05) is 6.42 Å². The first-order chi connectivity index (χ1) is 12.3. The van der Waals surface area contributed by atoms with Crippen LogP contribution in [0.15, 0.2) is 4.99 Å². The van der Waals surface area contributed by atoms with E-state index in [2.05, 4.69) is 27.5 Å². The Morgan fingerprint density at radius 1 is 1.04 bits per heavy atom. The fraction of sp³-hybridized carbons (Fsp3) is 0.944. The van der Waals surface area contributed by atoms with E-state index in [1.165, 1.54) is 19.3 Å². The van der Waals surface area contributed by atoms with Gasteiger partial charge >= 0.3 is 6.18 Å². The van der Waals surface area contributed by atoms with Gasteiger partial charge in [-0.25, -0.2) is 0 Å². The molecule has 2 heterocycles. The second-order valence-electron chi connectivity index (χ2n) is 7.56. The molecule has 2 saturated heterocycles. The zero-order valence-corrected chi connectivity index (χ0v) is 18.9. The van der Waals surface area contributed by atoms with Gasteiger partial charge in [0.15, 0.2) is 5.96 Å². The number of guanidine groups is 1. The van der Waals surface area contributed by atoms with Gasteiger partial charge in [-0.3, -0.25) is 9.89 Å². The molecule has 0 atom stereocenters. The minimum Gasteiger partial charge on any atom is -0.357 e. The molecule has 0 aromatic rings. The zero-order chi connectivity index (χ0) is 19.0. The van der Waals surface area contributed by atoms with E-state index in [0.29, 0.717) is 19.0 Å². The maximum absolute atomic E-state index is 12.4. The first-order valence-corrected chi connectivity index (χ1v) is 9.87. The van der Waals surface area contributed by atoms with Gasteiger partial charge < -0.3 is 15.5 Å². The maximum Gasteiger partial charge on any atom is 0.390 e. The van der Waals surface area contributed by atoms with E-state index in [9.17, 15) is 13.2 Å². The molecule has 160 valence electrons. The summed E-state index contributed by atoms with van der Waals surface area (Å²) in [6.07, 6.45) is 0.879. The van der Waals surface area contributed by atoms with Crippen LogP contribution in [0.25, 0.3) is 0 Å². The lowest BCUT2D eigenvalue weighted by molar-refractivity contribution is -0.132. The Morgan fingerprint density at radius 3 is 2.22 bits per heavy atom. The molecule has 5 nitrogen and oxygen atoms in total. The minimum absolute atomic E-state index is 0. The Labute approximate surface area is 178 Å². The number of likely N-dealkylation sites (tertiary alicyclic amines) is 2. The summed E-state index contributed by atoms with van der Waals surface area (Å²) in [5, 5.41) is 5.92. The Hall–Kier alpha value is -0.290. The summed E-state index contributed by atoms with van der Waals surface area (Å²) in [4.78, 5) is 9.63. The van der Waals surface area contributed by atoms with E-state index in [4.69, 9.17) is 4.99 Å². The van der Waals surface area contributed by atoms with Gasteiger partial charge in [-0.2, -0.15) is 13.2 Å². The number of hydrogen-bond acceptors (Lipinski definition) is 3. The average Bonchev–Trinajstić information content (AvgIpc) is 2.61. The molecule has 2 aliphatic rings. The fourth-order valence-electron chi connectivity index (χ4n) is 3.87. The fourth-order valence-corrected chi connectivity index (χ4v) is 3.87. The van der Waals surface area contributed by atoms with Gasteiger partial charge in [0.2, 0.25) is 0 Å². The summed E-state index contributed by atoms with van der Waals surface area (Å²) in [5.74, 6) is 0.493. The molecule has 0 aliphatic carbocycles. The lowest BCUT2D eigenvalue weighted by Crippen LogP contribution is -2.58. The van der Waals surface area contributed by atoms with Gasteiger partial charge in [-0.05, 0) is 65.8 Å². The Balaban J connectivity index is 0.00000364. The van der Waals surface area contributed by atoms with E-state index in [0.717, 1.165) is 39.0 Å². The van der Waals surface area contributed by atoms with Gasteiger partial charge in [0.1, 0.15) is 0 Å². The summed E-state index contributed by atoms with van der Waals surface area (Å²) >= 11 is 0. The Bertz CT molecular complexity index is 445. The molecule has 9 heteroatoms. The monoisotopic (exact) mass is 505 g/mol. The summed E-state index contributed by atoms with van der Waals surface area (Å²) in [5.41, 5.74) is 0.0410. The topological polar surface area (TPSA) is 42.9 Å². The summed E-state index contributed by atoms with van der Waals surface area (Å²) in [6, 6.07) is 0. The van der Waals surface area contributed by atoms with Crippen molar-refractivity contribution in [3.8, 4) is 0 Å². The third-order valence-electron chi connectivity index (χ3n) is 5.52. The van der Waals surface area contributed by atoms with E-state index in [1.807, 2.05) is 6.92 Å². The summed E-state index contributed by atoms with van der Waals surface area (Å²) < 4.78 is 37.2. The molecule has 0 amide bonds. The molecule has 0 spiro atoms. The number of nitrogens with zero attached hydrogens (tertiary/aromatic N) is 3. The number of alkyl halides is 3. The van der Waals surface area contributed by atoms with Crippen molar-refractivity contribution in [3.05, 3.63) is 0 Å². The summed E-state index contributed by atoms with van der Waals surface area (Å²) in [6.45, 7) is 7.37. The molecular formula is C18H35F3IN5. The van der Waals surface area contributed by atoms with Crippen LogP contribution in [-0.4, -0.2) is 80.3 Å². The van der Waals surface area contributed by atoms with Crippen molar-refractivity contribution in [1.29, 1.82) is 0 Å². The molecule has 2 aliphatic heterocycles. The third-order valence-corrected chi connectivity index (χ3v) is 5.52. The number of nitrogens with one attached hydrogen (secondary N) is 2. The predicted molar refractivity (Wildman–Crippen MR) is 115 cm³/mol. The van der Waals surface area contributed by atoms with Crippen LogP contribution in [0.4, 0.5) is 13.2 Å². The molecule has 0 saturated carbocycles. The highest BCUT2D eigenvalue weighted by Gasteiger charge is 2.39. The van der Waals surface area contributed by atoms with Crippen molar-refractivity contribution in [2.24, 2.45) is 4.99 Å². The van der Waals surface area contributed by atoms with Gasteiger partial charge in [0, 0.05) is 18.6 Å². The van der Waals surface area contributed by atoms with Crippen molar-refractivity contribution in [3.63, 3.8) is 0 Å². The van der Waals surface area contributed by atoms with E-state index >= 15 is 0 Å². The van der Waals surface area contributed by atoms with Crippen molar-refractivity contribution in [2.45, 2.75) is 57.2 Å². The van der Waals surface area contributed by atoms with Crippen molar-refractivity contribution in [2.75, 3.05) is 52.9 Å². The molecule has 2 fully saturated rings. The Kier molecular flexibility index (Phi) is 10.7. The number of piperidine rings is 2. The number of aliphatic imine (C=N–C) groups is 1. The van der Waals surface area contributed by atoms with Crippen LogP contribution in [0.2, 0.25) is 0 Å². The second-order valence-corrected chi connectivity index (χ2v) is 7.56. The zero-order valence-electron chi connectivity index (χ0n) is 16.6. The van der Waals surface area contributed by atoms with E-state index < -0.39 is 12.6 Å². The van der Waals surface area contributed by atoms with Crippen LogP contribution in [0.3, 0.4) is 0 Å². The molecule has 0 unspecified atom stereocenters. The minimum atomic E-state index is -4.15. The maximum atomic E-state index is 12.4. The smallest absolute Gasteiger partial charge is 0.357 e. The number of halogens is 4. The van der Waals surface area contributed by atoms with E-state index in [-0.39, 0.29) is 36.1 Å². The van der Waals surface area contributed by atoms with E-state index in [1.54, 1.807) is 0 Å². The van der Waals surface area contributed by atoms with Gasteiger partial charge in [0.05, 0.1) is 13.0 Å². The average molecular weight is 505 g/mol. The molecule has 0 aromatic carbocycles. The summed E-state index contributed by atoms with van der Waals surface area (Å²) in [7, 11) is 2.14. The first-order valence-electron chi connectivity index (χ1n) is 9.87. The largest absolute Gasteiger partial charge is 0.390 e. The van der Waals surface area contributed by atoms with Crippen LogP contribution in [0, 0.1) is 0 Å². The molecule has 0 bridgehead atoms. The normalized spacial score (nSPS) is 22.2. The molecular weight excluding hydrogens is 470 g/mol. The highest BCUT2D eigenvalue weighted by molar-refractivity contribution is 14.0. The molecule has 0 aromatic heterocycles. The third kappa shape index (κ3) is 8.31. The lowest BCUT2D eigenvalue weighted by Gasteiger charge is -2.49. The van der Waals surface area contributed by atoms with Crippen molar-refractivity contribution in [1.82, 2.24) is 20.4 Å². The SMILES string of the molecule is CCNC(=NCC1(N2CCCCC2)CCN(C)CC1)NCCC(F)(F)F.I. The Morgan fingerprint density at radius 2 is 1.67 bits per heavy atom. The molecule has 27 heavy (non-hydrogen) atoms. The predicted octanol–water partition coefficient (Wildman–Crippen LogP) is 3.06. The first kappa shape index (κ1) is 24.7. The number of hydrogen-bond donors (Lipinski definition) is 2. The van der Waals surface area contributed by atoms with Crippen molar-refractivity contribution >= 4 is 29.9 Å². The highest BCUT2D eigenvalue weighted by atomic mass is 127. The van der Waals surface area contributed by atoms with Gasteiger partial charge in [0.25, 0.3) is 0 Å². The standard InChI is InChI=1S/C18H34F3N5.HI/c1-3-22-16(23-10-7-18(19,20)21)24-15-17(8-13-25(2)14-9-17)26-11-5-4-6-12-26;/h3-15H2,1-2H3,(H2,22,23,24);1H.